The second-order valence-corrected chi connectivity index (χ2v) is 9.25. The molecule has 0 aliphatic carbocycles. The molecule has 2 aliphatic rings. The summed E-state index contributed by atoms with van der Waals surface area (Å²) in [6.07, 6.45) is 1.19. The van der Waals surface area contributed by atoms with Gasteiger partial charge in [-0.3, -0.25) is 19.9 Å². The molecule has 0 radical (unpaired) electrons. The number of nitrogens with zero attached hydrogens (tertiary/aromatic N) is 2. The molecule has 37 heavy (non-hydrogen) atoms. The van der Waals surface area contributed by atoms with Crippen LogP contribution >= 0.6 is 0 Å². The largest absolute Gasteiger partial charge is 0.497 e. The van der Waals surface area contributed by atoms with Gasteiger partial charge in [0, 0.05) is 24.7 Å². The van der Waals surface area contributed by atoms with E-state index in [4.69, 9.17) is 14.9 Å². The van der Waals surface area contributed by atoms with Crippen molar-refractivity contribution >= 4 is 17.8 Å². The highest BCUT2D eigenvalue weighted by Crippen LogP contribution is 2.39. The van der Waals surface area contributed by atoms with Gasteiger partial charge in [0.15, 0.2) is 11.5 Å². The van der Waals surface area contributed by atoms with Crippen molar-refractivity contribution in [1.82, 2.24) is 15.1 Å². The van der Waals surface area contributed by atoms with Gasteiger partial charge >= 0.3 is 0 Å². The summed E-state index contributed by atoms with van der Waals surface area (Å²) in [5.74, 6) is 1.21. The van der Waals surface area contributed by atoms with E-state index in [9.17, 15) is 9.59 Å². The maximum Gasteiger partial charge on any atom is 0.264 e. The predicted octanol–water partition coefficient (Wildman–Crippen LogP) is 3.62. The molecule has 3 aromatic carbocycles. The number of rotatable bonds is 6. The number of methoxy groups -OCH3 is 2. The molecule has 2 amide bonds. The van der Waals surface area contributed by atoms with E-state index in [1.807, 2.05) is 83.8 Å². The van der Waals surface area contributed by atoms with Crippen molar-refractivity contribution < 1.29 is 19.1 Å². The summed E-state index contributed by atoms with van der Waals surface area (Å²) in [6.45, 7) is 1.04. The number of benzene rings is 3. The minimum absolute atomic E-state index is 0.00851. The Morgan fingerprint density at radius 1 is 0.865 bits per heavy atom. The van der Waals surface area contributed by atoms with Crippen LogP contribution in [0, 0.1) is 5.41 Å². The van der Waals surface area contributed by atoms with Crippen LogP contribution in [0.25, 0.3) is 0 Å². The number of ether oxygens (including phenoxy) is 2. The Morgan fingerprint density at radius 2 is 1.38 bits per heavy atom. The third kappa shape index (κ3) is 4.28. The summed E-state index contributed by atoms with van der Waals surface area (Å²) in [5, 5.41) is 12.0. The zero-order valence-electron chi connectivity index (χ0n) is 20.9. The number of hydrogen-bond donors (Lipinski definition) is 2. The van der Waals surface area contributed by atoms with Crippen molar-refractivity contribution in [2.45, 2.75) is 24.4 Å². The van der Waals surface area contributed by atoms with Gasteiger partial charge in [-0.05, 0) is 60.4 Å². The van der Waals surface area contributed by atoms with E-state index in [2.05, 4.69) is 5.32 Å². The standard InChI is InChI=1S/C29H30N4O4/c1-36-24-12-8-21(9-13-24)29(22-10-14-25(37-2)15-11-22)27(35)33(28(30)31-29)23-16-18-32(19-17-23)26(34)20-6-4-3-5-7-20/h3-15,23H,16-19H2,1-2H3,(H2,30,31). The molecule has 3 aromatic rings. The first-order valence-electron chi connectivity index (χ1n) is 12.3. The Kier molecular flexibility index (Phi) is 6.56. The maximum atomic E-state index is 14.3. The monoisotopic (exact) mass is 498 g/mol. The minimum atomic E-state index is -1.26. The first kappa shape index (κ1) is 24.4. The van der Waals surface area contributed by atoms with Crippen molar-refractivity contribution in [3.8, 4) is 11.5 Å². The molecule has 8 heteroatoms. The number of carbonyl (C=O) groups excluding carboxylic acids is 2. The highest BCUT2D eigenvalue weighted by atomic mass is 16.5. The third-order valence-electron chi connectivity index (χ3n) is 7.27. The van der Waals surface area contributed by atoms with Crippen LogP contribution in [-0.4, -0.2) is 60.9 Å². The van der Waals surface area contributed by atoms with Gasteiger partial charge in [0.2, 0.25) is 0 Å². The molecule has 0 atom stereocenters. The van der Waals surface area contributed by atoms with Gasteiger partial charge in [-0.2, -0.15) is 0 Å². The van der Waals surface area contributed by atoms with Gasteiger partial charge in [-0.1, -0.05) is 42.5 Å². The molecule has 190 valence electrons. The fourth-order valence-electron chi connectivity index (χ4n) is 5.25. The Labute approximate surface area is 216 Å². The van der Waals surface area contributed by atoms with Gasteiger partial charge in [0.1, 0.15) is 11.5 Å². The Hall–Kier alpha value is -4.33. The highest BCUT2D eigenvalue weighted by molar-refractivity contribution is 6.10. The lowest BCUT2D eigenvalue weighted by atomic mass is 9.82. The van der Waals surface area contributed by atoms with Crippen LogP contribution in [-0.2, 0) is 10.3 Å². The van der Waals surface area contributed by atoms with Gasteiger partial charge in [0.05, 0.1) is 14.2 Å². The van der Waals surface area contributed by atoms with E-state index in [1.165, 1.54) is 0 Å². The number of nitrogens with one attached hydrogen (secondary N) is 2. The number of piperidine rings is 1. The maximum absolute atomic E-state index is 14.3. The highest BCUT2D eigenvalue weighted by Gasteiger charge is 2.54. The van der Waals surface area contributed by atoms with Crippen molar-refractivity contribution in [1.29, 1.82) is 5.41 Å². The lowest BCUT2D eigenvalue weighted by Gasteiger charge is -2.36. The van der Waals surface area contributed by atoms with Crippen molar-refractivity contribution in [2.24, 2.45) is 0 Å². The summed E-state index contributed by atoms with van der Waals surface area (Å²) < 4.78 is 10.6. The number of hydrogen-bond acceptors (Lipinski definition) is 5. The smallest absolute Gasteiger partial charge is 0.264 e. The molecule has 0 spiro atoms. The van der Waals surface area contributed by atoms with Crippen LogP contribution in [0.2, 0.25) is 0 Å². The van der Waals surface area contributed by atoms with Gasteiger partial charge in [0.25, 0.3) is 11.8 Å². The summed E-state index contributed by atoms with van der Waals surface area (Å²) in [5.41, 5.74) is 0.831. The molecule has 8 nitrogen and oxygen atoms in total. The number of guanidine groups is 1. The Morgan fingerprint density at radius 3 is 1.86 bits per heavy atom. The van der Waals surface area contributed by atoms with Gasteiger partial charge in [-0.15, -0.1) is 0 Å². The lowest BCUT2D eigenvalue weighted by Crippen LogP contribution is -2.50. The van der Waals surface area contributed by atoms with E-state index in [0.717, 1.165) is 0 Å². The Balaban J connectivity index is 1.43. The molecule has 5 rings (SSSR count). The summed E-state index contributed by atoms with van der Waals surface area (Å²) >= 11 is 0. The summed E-state index contributed by atoms with van der Waals surface area (Å²) in [6, 6.07) is 23.7. The normalized spacial score (nSPS) is 17.5. The third-order valence-corrected chi connectivity index (χ3v) is 7.27. The predicted molar refractivity (Wildman–Crippen MR) is 140 cm³/mol. The van der Waals surface area contributed by atoms with E-state index < -0.39 is 5.54 Å². The van der Waals surface area contributed by atoms with Crippen LogP contribution in [0.5, 0.6) is 11.5 Å². The van der Waals surface area contributed by atoms with Crippen molar-refractivity contribution in [2.75, 3.05) is 27.3 Å². The molecule has 2 N–H and O–H groups in total. The average Bonchev–Trinajstić information content (AvgIpc) is 3.23. The molecule has 2 heterocycles. The minimum Gasteiger partial charge on any atom is -0.497 e. The van der Waals surface area contributed by atoms with Crippen LogP contribution in [0.3, 0.4) is 0 Å². The molecule has 0 saturated carbocycles. The molecule has 0 aromatic heterocycles. The van der Waals surface area contributed by atoms with Gasteiger partial charge < -0.3 is 19.7 Å². The quantitative estimate of drug-likeness (QED) is 0.541. The molecule has 0 unspecified atom stereocenters. The lowest BCUT2D eigenvalue weighted by molar-refractivity contribution is -0.132. The van der Waals surface area contributed by atoms with E-state index in [0.29, 0.717) is 54.1 Å². The molecule has 2 saturated heterocycles. The number of carbonyl (C=O) groups is 2. The number of amides is 2. The van der Waals surface area contributed by atoms with E-state index >= 15 is 0 Å². The zero-order chi connectivity index (χ0) is 26.0. The fourth-order valence-corrected chi connectivity index (χ4v) is 5.25. The van der Waals surface area contributed by atoms with Crippen LogP contribution in [0.4, 0.5) is 0 Å². The number of likely N-dealkylation sites (tertiary alicyclic amines) is 1. The summed E-state index contributed by atoms with van der Waals surface area (Å²) in [4.78, 5) is 30.6. The van der Waals surface area contributed by atoms with E-state index in [-0.39, 0.29) is 23.8 Å². The topological polar surface area (TPSA) is 95.0 Å². The fraction of sp³-hybridized carbons (Fsp3) is 0.276. The summed E-state index contributed by atoms with van der Waals surface area (Å²) in [7, 11) is 3.19. The second kappa shape index (κ2) is 9.97. The molecular weight excluding hydrogens is 468 g/mol. The Bertz CT molecular complexity index is 1240. The molecule has 0 bridgehead atoms. The second-order valence-electron chi connectivity index (χ2n) is 9.25. The zero-order valence-corrected chi connectivity index (χ0v) is 20.9. The van der Waals surface area contributed by atoms with E-state index in [1.54, 1.807) is 19.1 Å². The van der Waals surface area contributed by atoms with Gasteiger partial charge in [-0.25, -0.2) is 0 Å². The SMILES string of the molecule is COc1ccc(C2(c3ccc(OC)cc3)NC(=N)N(C3CCN(C(=O)c4ccccc4)CC3)C2=O)cc1. The van der Waals surface area contributed by atoms with Crippen LogP contribution in [0.1, 0.15) is 34.3 Å². The van der Waals surface area contributed by atoms with Crippen LogP contribution in [0.15, 0.2) is 78.9 Å². The van der Waals surface area contributed by atoms with Crippen LogP contribution < -0.4 is 14.8 Å². The first-order valence-corrected chi connectivity index (χ1v) is 12.3. The molecule has 2 aliphatic heterocycles. The van der Waals surface area contributed by atoms with Crippen molar-refractivity contribution in [3.05, 3.63) is 95.6 Å². The average molecular weight is 499 g/mol. The molecule has 2 fully saturated rings. The first-order chi connectivity index (χ1) is 18.0. The molecular formula is C29H30N4O4. The van der Waals surface area contributed by atoms with Crippen molar-refractivity contribution in [3.63, 3.8) is 0 Å².